The van der Waals surface area contributed by atoms with Gasteiger partial charge in [0.25, 0.3) is 0 Å². The van der Waals surface area contributed by atoms with Crippen LogP contribution in [0.25, 0.3) is 27.8 Å². The summed E-state index contributed by atoms with van der Waals surface area (Å²) in [5, 5.41) is 18.4. The Morgan fingerprint density at radius 3 is 2.35 bits per heavy atom. The molecule has 0 bridgehead atoms. The molecule has 0 spiro atoms. The predicted octanol–water partition coefficient (Wildman–Crippen LogP) is 4.55. The minimum Gasteiger partial charge on any atom is -0.354 e. The lowest BCUT2D eigenvalue weighted by Crippen LogP contribution is -2.47. The first-order valence-electron chi connectivity index (χ1n) is 12.5. The maximum Gasteiger partial charge on any atom is 0.128 e. The predicted molar refractivity (Wildman–Crippen MR) is 144 cm³/mol. The number of fused-ring (bicyclic) bond motifs is 1. The monoisotopic (exact) mass is 488 g/mol. The van der Waals surface area contributed by atoms with Gasteiger partial charge in [0.1, 0.15) is 11.9 Å². The van der Waals surface area contributed by atoms with Crippen LogP contribution < -0.4 is 4.90 Å². The van der Waals surface area contributed by atoms with Gasteiger partial charge in [-0.15, -0.1) is 0 Å². The van der Waals surface area contributed by atoms with E-state index < -0.39 is 0 Å². The molecule has 1 fully saturated rings. The average Bonchev–Trinajstić information content (AvgIpc) is 3.59. The van der Waals surface area contributed by atoms with Crippen molar-refractivity contribution in [1.82, 2.24) is 29.3 Å². The molecule has 1 aromatic carbocycles. The Hall–Kier alpha value is -4.48. The highest BCUT2D eigenvalue weighted by Crippen LogP contribution is 2.32. The number of rotatable bonds is 5. The Balaban J connectivity index is 1.25. The summed E-state index contributed by atoms with van der Waals surface area (Å²) in [6.07, 6.45) is 9.27. The molecule has 37 heavy (non-hydrogen) atoms. The van der Waals surface area contributed by atoms with Crippen LogP contribution in [0.4, 0.5) is 5.82 Å². The molecule has 5 heterocycles. The minimum absolute atomic E-state index is 0.401. The smallest absolute Gasteiger partial charge is 0.128 e. The number of hydrogen-bond donors (Lipinski definition) is 0. The SMILES string of the molecule is C[C@H](c1ccccc1)N1CCN(c2ccc(-c3cc(-c4cnn(C)c4)cn4ncc(C#N)c34)cn2)CC1. The number of piperazine rings is 1. The molecule has 0 saturated carbocycles. The summed E-state index contributed by atoms with van der Waals surface area (Å²) >= 11 is 0. The van der Waals surface area contributed by atoms with Gasteiger partial charge in [0.05, 0.1) is 23.5 Å². The van der Waals surface area contributed by atoms with Crippen molar-refractivity contribution in [3.05, 3.63) is 90.6 Å². The van der Waals surface area contributed by atoms with Crippen LogP contribution in [0.2, 0.25) is 0 Å². The first-order valence-corrected chi connectivity index (χ1v) is 12.5. The van der Waals surface area contributed by atoms with Gasteiger partial charge in [-0.2, -0.15) is 15.5 Å². The molecule has 184 valence electrons. The van der Waals surface area contributed by atoms with Gasteiger partial charge in [-0.25, -0.2) is 9.50 Å². The van der Waals surface area contributed by atoms with E-state index in [1.165, 1.54) is 5.56 Å². The van der Waals surface area contributed by atoms with Gasteiger partial charge in [0.15, 0.2) is 0 Å². The summed E-state index contributed by atoms with van der Waals surface area (Å²) in [6.45, 7) is 6.14. The number of aromatic nitrogens is 5. The van der Waals surface area contributed by atoms with Gasteiger partial charge < -0.3 is 4.90 Å². The summed E-state index contributed by atoms with van der Waals surface area (Å²) in [4.78, 5) is 9.72. The molecule has 4 aromatic heterocycles. The molecule has 8 nitrogen and oxygen atoms in total. The second-order valence-electron chi connectivity index (χ2n) is 9.52. The van der Waals surface area contributed by atoms with Gasteiger partial charge >= 0.3 is 0 Å². The van der Waals surface area contributed by atoms with Gasteiger partial charge in [0, 0.05) is 80.1 Å². The highest BCUT2D eigenvalue weighted by Gasteiger charge is 2.23. The molecule has 0 aliphatic carbocycles. The number of benzene rings is 1. The number of anilines is 1. The van der Waals surface area contributed by atoms with Crippen molar-refractivity contribution in [1.29, 1.82) is 5.26 Å². The third-order valence-corrected chi connectivity index (χ3v) is 7.30. The van der Waals surface area contributed by atoms with Gasteiger partial charge in [-0.3, -0.25) is 9.58 Å². The Morgan fingerprint density at radius 1 is 0.865 bits per heavy atom. The second kappa shape index (κ2) is 9.52. The highest BCUT2D eigenvalue weighted by molar-refractivity contribution is 5.87. The number of aryl methyl sites for hydroxylation is 1. The second-order valence-corrected chi connectivity index (χ2v) is 9.52. The van der Waals surface area contributed by atoms with E-state index in [0.29, 0.717) is 11.6 Å². The topological polar surface area (TPSA) is 78.3 Å². The summed E-state index contributed by atoms with van der Waals surface area (Å²) in [5.41, 5.74) is 6.54. The summed E-state index contributed by atoms with van der Waals surface area (Å²) in [5.74, 6) is 0.976. The molecule has 0 unspecified atom stereocenters. The van der Waals surface area contributed by atoms with E-state index in [1.54, 1.807) is 15.4 Å². The van der Waals surface area contributed by atoms with E-state index in [9.17, 15) is 5.26 Å². The molecule has 1 saturated heterocycles. The van der Waals surface area contributed by atoms with Crippen LogP contribution in [0.5, 0.6) is 0 Å². The fourth-order valence-corrected chi connectivity index (χ4v) is 5.16. The van der Waals surface area contributed by atoms with E-state index >= 15 is 0 Å². The molecule has 1 aliphatic rings. The zero-order chi connectivity index (χ0) is 25.4. The number of nitriles is 1. The Kier molecular flexibility index (Phi) is 5.91. The van der Waals surface area contributed by atoms with Crippen molar-refractivity contribution in [2.24, 2.45) is 7.05 Å². The van der Waals surface area contributed by atoms with E-state index in [2.05, 4.69) is 81.5 Å². The molecule has 6 rings (SSSR count). The third-order valence-electron chi connectivity index (χ3n) is 7.30. The maximum atomic E-state index is 9.69. The van der Waals surface area contributed by atoms with Crippen molar-refractivity contribution in [2.75, 3.05) is 31.1 Å². The van der Waals surface area contributed by atoms with Crippen LogP contribution in [-0.2, 0) is 7.05 Å². The molecule has 0 radical (unpaired) electrons. The summed E-state index contributed by atoms with van der Waals surface area (Å²) in [6, 6.07) is 19.6. The molecular weight excluding hydrogens is 460 g/mol. The first kappa shape index (κ1) is 23.0. The van der Waals surface area contributed by atoms with E-state index in [4.69, 9.17) is 4.98 Å². The molecule has 1 aliphatic heterocycles. The van der Waals surface area contributed by atoms with Crippen LogP contribution in [0.1, 0.15) is 24.1 Å². The van der Waals surface area contributed by atoms with Crippen molar-refractivity contribution in [2.45, 2.75) is 13.0 Å². The molecule has 0 N–H and O–H groups in total. The van der Waals surface area contributed by atoms with E-state index in [-0.39, 0.29) is 0 Å². The Bertz CT molecular complexity index is 1570. The fourth-order valence-electron chi connectivity index (χ4n) is 5.16. The zero-order valence-corrected chi connectivity index (χ0v) is 21.0. The quantitative estimate of drug-likeness (QED) is 0.361. The fraction of sp³-hybridized carbons (Fsp3) is 0.241. The molecule has 1 atom stereocenters. The van der Waals surface area contributed by atoms with E-state index in [0.717, 1.165) is 59.8 Å². The normalized spacial score (nSPS) is 15.1. The number of nitrogens with zero attached hydrogens (tertiary/aromatic N) is 8. The number of hydrogen-bond acceptors (Lipinski definition) is 6. The standard InChI is InChI=1S/C29H28N8/c1-21(22-6-4-3-5-7-22)35-10-12-36(13-11-35)28-9-8-23(16-31-28)27-14-24(26-18-32-34(2)19-26)20-37-29(27)25(15-30)17-33-37/h3-9,14,16-21H,10-13H2,1-2H3/t21-/m1/s1. The van der Waals surface area contributed by atoms with Crippen LogP contribution in [0, 0.1) is 11.3 Å². The number of pyridine rings is 2. The third kappa shape index (κ3) is 4.34. The summed E-state index contributed by atoms with van der Waals surface area (Å²) in [7, 11) is 1.90. The Labute approximate surface area is 216 Å². The molecule has 0 amide bonds. The zero-order valence-electron chi connectivity index (χ0n) is 21.0. The average molecular weight is 489 g/mol. The van der Waals surface area contributed by atoms with Gasteiger partial charge in [0.2, 0.25) is 0 Å². The lowest BCUT2D eigenvalue weighted by molar-refractivity contribution is 0.198. The first-order chi connectivity index (χ1) is 18.1. The Morgan fingerprint density at radius 2 is 1.68 bits per heavy atom. The molecular formula is C29H28N8. The largest absolute Gasteiger partial charge is 0.354 e. The van der Waals surface area contributed by atoms with Crippen molar-refractivity contribution in [3.63, 3.8) is 0 Å². The van der Waals surface area contributed by atoms with Crippen LogP contribution >= 0.6 is 0 Å². The van der Waals surface area contributed by atoms with E-state index in [1.807, 2.05) is 31.8 Å². The lowest BCUT2D eigenvalue weighted by Gasteiger charge is -2.38. The lowest BCUT2D eigenvalue weighted by atomic mass is 10.0. The highest BCUT2D eigenvalue weighted by atomic mass is 15.3. The summed E-state index contributed by atoms with van der Waals surface area (Å²) < 4.78 is 3.55. The molecule has 8 heteroatoms. The van der Waals surface area contributed by atoms with Crippen molar-refractivity contribution < 1.29 is 0 Å². The van der Waals surface area contributed by atoms with Crippen molar-refractivity contribution in [3.8, 4) is 28.3 Å². The van der Waals surface area contributed by atoms with Crippen LogP contribution in [0.15, 0.2) is 79.5 Å². The van der Waals surface area contributed by atoms with Crippen molar-refractivity contribution >= 4 is 11.3 Å². The molecule has 5 aromatic rings. The maximum absolute atomic E-state index is 9.69. The van der Waals surface area contributed by atoms with Gasteiger partial charge in [-0.05, 0) is 30.7 Å². The van der Waals surface area contributed by atoms with Crippen LogP contribution in [0.3, 0.4) is 0 Å². The minimum atomic E-state index is 0.401. The van der Waals surface area contributed by atoms with Gasteiger partial charge in [-0.1, -0.05) is 30.3 Å². The van der Waals surface area contributed by atoms with Crippen LogP contribution in [-0.4, -0.2) is 55.5 Å².